The minimum Gasteiger partial charge on any atom is -0.504 e. The van der Waals surface area contributed by atoms with Gasteiger partial charge in [0.15, 0.2) is 23.0 Å². The predicted molar refractivity (Wildman–Crippen MR) is 146 cm³/mol. The molecular weight excluding hydrogens is 504 g/mol. The highest BCUT2D eigenvalue weighted by Crippen LogP contribution is 2.38. The maximum absolute atomic E-state index is 13.7. The Morgan fingerprint density at radius 1 is 0.763 bits per heavy atom. The number of aromatic hydroxyl groups is 1. The molecule has 5 rings (SSSR count). The van der Waals surface area contributed by atoms with E-state index in [4.69, 9.17) is 14.2 Å². The lowest BCUT2D eigenvalue weighted by atomic mass is 9.98. The van der Waals surface area contributed by atoms with E-state index in [9.17, 15) is 13.5 Å². The largest absolute Gasteiger partial charge is 0.504 e. The summed E-state index contributed by atoms with van der Waals surface area (Å²) in [6, 6.07) is 21.7. The van der Waals surface area contributed by atoms with Gasteiger partial charge < -0.3 is 19.3 Å². The van der Waals surface area contributed by atoms with Crippen LogP contribution in [-0.2, 0) is 10.0 Å². The number of benzene rings is 4. The molecule has 0 saturated heterocycles. The molecule has 1 aromatic heterocycles. The zero-order valence-corrected chi connectivity index (χ0v) is 21.8. The van der Waals surface area contributed by atoms with Crippen LogP contribution in [0.5, 0.6) is 23.0 Å². The van der Waals surface area contributed by atoms with Crippen LogP contribution < -0.4 is 18.9 Å². The second-order valence-corrected chi connectivity index (χ2v) is 10.3. The van der Waals surface area contributed by atoms with Crippen LogP contribution >= 0.6 is 0 Å². The van der Waals surface area contributed by atoms with Crippen LogP contribution in [-0.4, -0.2) is 39.8 Å². The first-order valence-electron chi connectivity index (χ1n) is 11.7. The van der Waals surface area contributed by atoms with Gasteiger partial charge >= 0.3 is 0 Å². The number of ether oxygens (including phenoxy) is 3. The van der Waals surface area contributed by atoms with Crippen LogP contribution in [0.25, 0.3) is 21.5 Å². The highest BCUT2D eigenvalue weighted by molar-refractivity contribution is 7.89. The Hall–Kier alpha value is -4.34. The maximum Gasteiger partial charge on any atom is 0.241 e. The lowest BCUT2D eigenvalue weighted by molar-refractivity contribution is 0.354. The molecule has 8 nitrogen and oxygen atoms in total. The van der Waals surface area contributed by atoms with Gasteiger partial charge in [-0.15, -0.1) is 0 Å². The van der Waals surface area contributed by atoms with E-state index in [2.05, 4.69) is 9.71 Å². The predicted octanol–water partition coefficient (Wildman–Crippen LogP) is 5.19. The summed E-state index contributed by atoms with van der Waals surface area (Å²) < 4.78 is 46.4. The summed E-state index contributed by atoms with van der Waals surface area (Å²) in [4.78, 5) is 4.67. The quantitative estimate of drug-likeness (QED) is 0.284. The number of nitrogens with one attached hydrogen (secondary N) is 1. The van der Waals surface area contributed by atoms with Gasteiger partial charge in [-0.05, 0) is 64.2 Å². The molecule has 9 heteroatoms. The summed E-state index contributed by atoms with van der Waals surface area (Å²) in [7, 11) is 0.480. The third kappa shape index (κ3) is 4.69. The van der Waals surface area contributed by atoms with Gasteiger partial charge in [-0.2, -0.15) is 4.72 Å². The summed E-state index contributed by atoms with van der Waals surface area (Å²) in [6.07, 6.45) is 1.59. The Morgan fingerprint density at radius 2 is 1.50 bits per heavy atom. The van der Waals surface area contributed by atoms with Crippen molar-refractivity contribution in [1.82, 2.24) is 9.71 Å². The Labute approximate surface area is 220 Å². The summed E-state index contributed by atoms with van der Waals surface area (Å²) >= 11 is 0. The summed E-state index contributed by atoms with van der Waals surface area (Å²) in [6.45, 7) is 0. The monoisotopic (exact) mass is 530 g/mol. The van der Waals surface area contributed by atoms with Gasteiger partial charge in [0.25, 0.3) is 0 Å². The van der Waals surface area contributed by atoms with Crippen molar-refractivity contribution < 1.29 is 27.7 Å². The molecule has 0 spiro atoms. The summed E-state index contributed by atoms with van der Waals surface area (Å²) in [5.74, 6) is 1.15. The highest BCUT2D eigenvalue weighted by Gasteiger charge is 2.27. The zero-order valence-electron chi connectivity index (χ0n) is 21.0. The van der Waals surface area contributed by atoms with Crippen molar-refractivity contribution in [2.24, 2.45) is 0 Å². The van der Waals surface area contributed by atoms with Crippen LogP contribution in [0.3, 0.4) is 0 Å². The van der Waals surface area contributed by atoms with E-state index < -0.39 is 16.1 Å². The van der Waals surface area contributed by atoms with Crippen molar-refractivity contribution in [2.75, 3.05) is 21.3 Å². The van der Waals surface area contributed by atoms with Gasteiger partial charge in [0.2, 0.25) is 10.0 Å². The van der Waals surface area contributed by atoms with Crippen LogP contribution in [0.1, 0.15) is 17.3 Å². The topological polar surface area (TPSA) is 107 Å². The van der Waals surface area contributed by atoms with Crippen LogP contribution in [0.15, 0.2) is 90.0 Å². The van der Waals surface area contributed by atoms with E-state index in [1.165, 1.54) is 27.4 Å². The van der Waals surface area contributed by atoms with Crippen molar-refractivity contribution in [2.45, 2.75) is 10.9 Å². The summed E-state index contributed by atoms with van der Waals surface area (Å²) in [5.41, 5.74) is 0.972. The fourth-order valence-corrected chi connectivity index (χ4v) is 5.70. The molecule has 38 heavy (non-hydrogen) atoms. The maximum atomic E-state index is 13.7. The Bertz CT molecular complexity index is 1750. The van der Waals surface area contributed by atoms with Gasteiger partial charge in [-0.1, -0.05) is 36.4 Å². The number of aromatic nitrogens is 1. The third-order valence-electron chi connectivity index (χ3n) is 6.41. The number of methoxy groups -OCH3 is 3. The van der Waals surface area contributed by atoms with E-state index >= 15 is 0 Å². The number of nitrogens with zero attached hydrogens (tertiary/aromatic N) is 1. The number of phenolic OH excluding ortho intramolecular Hbond substituents is 1. The number of sulfonamides is 1. The van der Waals surface area contributed by atoms with Gasteiger partial charge in [0, 0.05) is 11.6 Å². The molecule has 0 aliphatic rings. The Kier molecular flexibility index (Phi) is 6.79. The van der Waals surface area contributed by atoms with Crippen molar-refractivity contribution in [3.05, 3.63) is 96.3 Å². The molecule has 0 fully saturated rings. The minimum absolute atomic E-state index is 0.0855. The number of hydrogen-bond acceptors (Lipinski definition) is 7. The van der Waals surface area contributed by atoms with Crippen molar-refractivity contribution in [3.63, 3.8) is 0 Å². The molecule has 0 saturated carbocycles. The Balaban J connectivity index is 1.69. The van der Waals surface area contributed by atoms with Gasteiger partial charge in [-0.25, -0.2) is 8.42 Å². The molecule has 0 amide bonds. The molecule has 1 atom stereocenters. The molecule has 4 aromatic carbocycles. The standard InChI is InChI=1S/C29H26N2O6S/c1-35-25-11-9-21(16-27(25)37-3)28(29-23-17-24(32)26(36-2)15-20(23)12-13-30-29)31-38(33,34)22-10-8-18-6-4-5-7-19(18)14-22/h4-17,28,31-32H,1-3H3/t28-/m1/s1. The Morgan fingerprint density at radius 3 is 2.24 bits per heavy atom. The fraction of sp³-hybridized carbons (Fsp3) is 0.138. The molecule has 1 heterocycles. The first kappa shape index (κ1) is 25.3. The molecule has 0 unspecified atom stereocenters. The number of fused-ring (bicyclic) bond motifs is 2. The molecule has 194 valence electrons. The number of pyridine rings is 1. The lowest BCUT2D eigenvalue weighted by Crippen LogP contribution is -2.30. The second-order valence-electron chi connectivity index (χ2n) is 8.62. The molecule has 0 bridgehead atoms. The SMILES string of the molecule is COc1cc2ccnc([C@H](NS(=O)(=O)c3ccc4ccccc4c3)c3ccc(OC)c(OC)c3)c2cc1O. The van der Waals surface area contributed by atoms with E-state index in [-0.39, 0.29) is 10.6 Å². The first-order chi connectivity index (χ1) is 18.3. The van der Waals surface area contributed by atoms with Crippen LogP contribution in [0.4, 0.5) is 0 Å². The molecule has 2 N–H and O–H groups in total. The van der Waals surface area contributed by atoms with Crippen LogP contribution in [0, 0.1) is 0 Å². The van der Waals surface area contributed by atoms with Crippen LogP contribution in [0.2, 0.25) is 0 Å². The van der Waals surface area contributed by atoms with E-state index in [1.807, 2.05) is 24.3 Å². The fourth-order valence-electron chi connectivity index (χ4n) is 4.48. The number of hydrogen-bond donors (Lipinski definition) is 2. The van der Waals surface area contributed by atoms with Gasteiger partial charge in [0.05, 0.1) is 38.0 Å². The van der Waals surface area contributed by atoms with E-state index in [0.717, 1.165) is 16.2 Å². The molecule has 0 aliphatic carbocycles. The average molecular weight is 531 g/mol. The lowest BCUT2D eigenvalue weighted by Gasteiger charge is -2.22. The van der Waals surface area contributed by atoms with Gasteiger partial charge in [-0.3, -0.25) is 4.98 Å². The smallest absolute Gasteiger partial charge is 0.241 e. The second kappa shape index (κ2) is 10.2. The van der Waals surface area contributed by atoms with Crippen molar-refractivity contribution >= 4 is 31.6 Å². The van der Waals surface area contributed by atoms with Crippen molar-refractivity contribution in [3.8, 4) is 23.0 Å². The normalized spacial score (nSPS) is 12.4. The first-order valence-corrected chi connectivity index (χ1v) is 13.2. The highest BCUT2D eigenvalue weighted by atomic mass is 32.2. The van der Waals surface area contributed by atoms with Crippen molar-refractivity contribution in [1.29, 1.82) is 0 Å². The molecule has 5 aromatic rings. The third-order valence-corrected chi connectivity index (χ3v) is 7.83. The molecule has 0 radical (unpaired) electrons. The summed E-state index contributed by atoms with van der Waals surface area (Å²) in [5, 5.41) is 13.5. The molecule has 0 aliphatic heterocycles. The zero-order chi connectivity index (χ0) is 26.9. The average Bonchev–Trinajstić information content (AvgIpc) is 2.94. The number of phenols is 1. The minimum atomic E-state index is -4.02. The van der Waals surface area contributed by atoms with Gasteiger partial charge in [0.1, 0.15) is 0 Å². The molecular formula is C29H26N2O6S. The van der Waals surface area contributed by atoms with E-state index in [0.29, 0.717) is 33.9 Å². The van der Waals surface area contributed by atoms with E-state index in [1.54, 1.807) is 54.7 Å². The number of rotatable bonds is 8.